The molecular weight excluding hydrogens is 392 g/mol. The van der Waals surface area contributed by atoms with E-state index < -0.39 is 5.97 Å². The van der Waals surface area contributed by atoms with E-state index in [-0.39, 0.29) is 0 Å². The summed E-state index contributed by atoms with van der Waals surface area (Å²) in [5, 5.41) is 13.0. The van der Waals surface area contributed by atoms with Gasteiger partial charge < -0.3 is 5.11 Å². The van der Waals surface area contributed by atoms with Crippen molar-refractivity contribution in [1.29, 1.82) is 0 Å². The average Bonchev–Trinajstić information content (AvgIpc) is 3.01. The number of halogens is 1. The van der Waals surface area contributed by atoms with Gasteiger partial charge in [-0.25, -0.2) is 14.8 Å². The zero-order chi connectivity index (χ0) is 15.0. The van der Waals surface area contributed by atoms with Crippen molar-refractivity contribution in [3.05, 3.63) is 37.6 Å². The van der Waals surface area contributed by atoms with Crippen LogP contribution >= 0.6 is 50.4 Å². The SMILES string of the molecule is Cc1c(C(=O)O)sc2ncnc(SCc3sccc3Br)c12. The topological polar surface area (TPSA) is 63.1 Å². The summed E-state index contributed by atoms with van der Waals surface area (Å²) < 4.78 is 1.10. The molecule has 0 aromatic carbocycles. The van der Waals surface area contributed by atoms with Crippen LogP contribution in [0.1, 0.15) is 20.1 Å². The zero-order valence-electron chi connectivity index (χ0n) is 10.8. The summed E-state index contributed by atoms with van der Waals surface area (Å²) in [4.78, 5) is 22.1. The third kappa shape index (κ3) is 2.85. The van der Waals surface area contributed by atoms with Gasteiger partial charge in [-0.05, 0) is 39.9 Å². The third-order valence-electron chi connectivity index (χ3n) is 2.92. The van der Waals surface area contributed by atoms with E-state index in [0.717, 1.165) is 31.0 Å². The molecule has 0 spiro atoms. The highest BCUT2D eigenvalue weighted by atomic mass is 79.9. The van der Waals surface area contributed by atoms with Crippen molar-refractivity contribution in [1.82, 2.24) is 9.97 Å². The van der Waals surface area contributed by atoms with E-state index in [9.17, 15) is 9.90 Å². The van der Waals surface area contributed by atoms with Gasteiger partial charge in [0.2, 0.25) is 0 Å². The maximum Gasteiger partial charge on any atom is 0.346 e. The van der Waals surface area contributed by atoms with Gasteiger partial charge in [-0.3, -0.25) is 0 Å². The first-order chi connectivity index (χ1) is 10.1. The maximum absolute atomic E-state index is 11.2. The highest BCUT2D eigenvalue weighted by Gasteiger charge is 2.19. The molecule has 1 N–H and O–H groups in total. The fourth-order valence-electron chi connectivity index (χ4n) is 1.91. The lowest BCUT2D eigenvalue weighted by Crippen LogP contribution is -1.94. The van der Waals surface area contributed by atoms with Crippen molar-refractivity contribution in [3.63, 3.8) is 0 Å². The van der Waals surface area contributed by atoms with Gasteiger partial charge in [0.1, 0.15) is 21.1 Å². The molecular formula is C13H9BrN2O2S3. The molecule has 0 aliphatic rings. The quantitative estimate of drug-likeness (QED) is 0.502. The van der Waals surface area contributed by atoms with Crippen molar-refractivity contribution in [2.24, 2.45) is 0 Å². The summed E-state index contributed by atoms with van der Waals surface area (Å²) >= 11 is 8.01. The lowest BCUT2D eigenvalue weighted by atomic mass is 10.2. The van der Waals surface area contributed by atoms with Gasteiger partial charge in [-0.15, -0.1) is 22.7 Å². The second-order valence-corrected chi connectivity index (χ2v) is 8.02. The Balaban J connectivity index is 1.99. The number of hydrogen-bond donors (Lipinski definition) is 1. The van der Waals surface area contributed by atoms with Gasteiger partial charge >= 0.3 is 5.97 Å². The van der Waals surface area contributed by atoms with E-state index in [4.69, 9.17) is 0 Å². The van der Waals surface area contributed by atoms with Gasteiger partial charge in [0.25, 0.3) is 0 Å². The Hall–Kier alpha value is -0.960. The summed E-state index contributed by atoms with van der Waals surface area (Å²) in [6.45, 7) is 1.82. The molecule has 8 heteroatoms. The van der Waals surface area contributed by atoms with Crippen molar-refractivity contribution < 1.29 is 9.90 Å². The Labute approximate surface area is 141 Å². The van der Waals surface area contributed by atoms with Crippen molar-refractivity contribution in [3.8, 4) is 0 Å². The standard InChI is InChI=1S/C13H9BrN2O2S3/c1-6-9-11(20-4-8-7(14)2-3-19-8)15-5-16-12(9)21-10(6)13(17)18/h2-3,5H,4H2,1H3,(H,17,18). The minimum atomic E-state index is -0.910. The Kier molecular flexibility index (Phi) is 4.30. The van der Waals surface area contributed by atoms with Crippen LogP contribution in [0.25, 0.3) is 10.2 Å². The number of rotatable bonds is 4. The van der Waals surface area contributed by atoms with Crippen LogP contribution in [0.15, 0.2) is 27.3 Å². The fourth-order valence-corrected chi connectivity index (χ4v) is 5.82. The lowest BCUT2D eigenvalue weighted by molar-refractivity contribution is 0.0701. The van der Waals surface area contributed by atoms with Gasteiger partial charge in [-0.1, -0.05) is 11.8 Å². The normalized spacial score (nSPS) is 11.1. The van der Waals surface area contributed by atoms with Crippen LogP contribution in [0.3, 0.4) is 0 Å². The summed E-state index contributed by atoms with van der Waals surface area (Å²) in [5.74, 6) is -0.116. The zero-order valence-corrected chi connectivity index (χ0v) is 14.8. The van der Waals surface area contributed by atoms with Crippen LogP contribution in [-0.4, -0.2) is 21.0 Å². The van der Waals surface area contributed by atoms with E-state index >= 15 is 0 Å². The summed E-state index contributed by atoms with van der Waals surface area (Å²) in [6, 6.07) is 2.02. The minimum absolute atomic E-state index is 0.338. The van der Waals surface area contributed by atoms with Gasteiger partial charge in [0.15, 0.2) is 0 Å². The Morgan fingerprint density at radius 3 is 2.95 bits per heavy atom. The predicted molar refractivity (Wildman–Crippen MR) is 90.7 cm³/mol. The number of aryl methyl sites for hydroxylation is 1. The molecule has 0 saturated heterocycles. The molecule has 0 atom stereocenters. The second-order valence-electron chi connectivity index (χ2n) is 4.20. The van der Waals surface area contributed by atoms with Crippen molar-refractivity contribution >= 4 is 66.6 Å². The molecule has 0 radical (unpaired) electrons. The smallest absolute Gasteiger partial charge is 0.346 e. The van der Waals surface area contributed by atoms with E-state index in [1.54, 1.807) is 23.1 Å². The maximum atomic E-state index is 11.2. The first kappa shape index (κ1) is 15.0. The Bertz CT molecular complexity index is 828. The number of aromatic carboxylic acids is 1. The number of fused-ring (bicyclic) bond motifs is 1. The molecule has 3 heterocycles. The summed E-state index contributed by atoms with van der Waals surface area (Å²) in [7, 11) is 0. The van der Waals surface area contributed by atoms with Crippen LogP contribution in [0.4, 0.5) is 0 Å². The Morgan fingerprint density at radius 1 is 1.48 bits per heavy atom. The van der Waals surface area contributed by atoms with Crippen molar-refractivity contribution in [2.75, 3.05) is 0 Å². The van der Waals surface area contributed by atoms with E-state index in [0.29, 0.717) is 4.88 Å². The second kappa shape index (κ2) is 6.04. The number of thiophene rings is 2. The fraction of sp³-hybridized carbons (Fsp3) is 0.154. The van der Waals surface area contributed by atoms with Gasteiger partial charge in [-0.2, -0.15) is 0 Å². The molecule has 3 aromatic rings. The number of thioether (sulfide) groups is 1. The van der Waals surface area contributed by atoms with Crippen LogP contribution < -0.4 is 0 Å². The number of nitrogens with zero attached hydrogens (tertiary/aromatic N) is 2. The molecule has 0 amide bonds. The molecule has 0 aliphatic carbocycles. The lowest BCUT2D eigenvalue weighted by Gasteiger charge is -2.02. The van der Waals surface area contributed by atoms with Crippen molar-refractivity contribution in [2.45, 2.75) is 17.7 Å². The molecule has 3 rings (SSSR count). The molecule has 0 unspecified atom stereocenters. The average molecular weight is 401 g/mol. The van der Waals surface area contributed by atoms with Crippen LogP contribution in [-0.2, 0) is 5.75 Å². The molecule has 0 fully saturated rings. The number of carboxylic acids is 1. The molecule has 0 saturated carbocycles. The number of carbonyl (C=O) groups is 1. The molecule has 3 aromatic heterocycles. The van der Waals surface area contributed by atoms with Crippen LogP contribution in [0.2, 0.25) is 0 Å². The predicted octanol–water partition coefficient (Wildman–Crippen LogP) is 4.81. The third-order valence-corrected chi connectivity index (χ3v) is 7.23. The highest BCUT2D eigenvalue weighted by Crippen LogP contribution is 2.37. The Morgan fingerprint density at radius 2 is 2.29 bits per heavy atom. The minimum Gasteiger partial charge on any atom is -0.477 e. The van der Waals surface area contributed by atoms with E-state index in [1.807, 2.05) is 18.4 Å². The number of carboxylic acid groups (broad SMARTS) is 1. The number of aromatic nitrogens is 2. The largest absolute Gasteiger partial charge is 0.477 e. The van der Waals surface area contributed by atoms with Crippen LogP contribution in [0.5, 0.6) is 0 Å². The van der Waals surface area contributed by atoms with Gasteiger partial charge in [0, 0.05) is 20.5 Å². The number of hydrogen-bond acceptors (Lipinski definition) is 6. The molecule has 21 heavy (non-hydrogen) atoms. The first-order valence-corrected chi connectivity index (χ1v) is 9.37. The van der Waals surface area contributed by atoms with Gasteiger partial charge in [0.05, 0.1) is 0 Å². The molecule has 0 bridgehead atoms. The highest BCUT2D eigenvalue weighted by molar-refractivity contribution is 9.10. The molecule has 0 aliphatic heterocycles. The van der Waals surface area contributed by atoms with E-state index in [1.165, 1.54) is 22.5 Å². The monoisotopic (exact) mass is 400 g/mol. The first-order valence-electron chi connectivity index (χ1n) is 5.90. The summed E-state index contributed by atoms with van der Waals surface area (Å²) in [6.07, 6.45) is 1.50. The molecule has 4 nitrogen and oxygen atoms in total. The van der Waals surface area contributed by atoms with Crippen LogP contribution in [0, 0.1) is 6.92 Å². The summed E-state index contributed by atoms with van der Waals surface area (Å²) in [5.41, 5.74) is 0.746. The molecule has 108 valence electrons. The van der Waals surface area contributed by atoms with E-state index in [2.05, 4.69) is 25.9 Å².